The monoisotopic (exact) mass is 643 g/mol. The fourth-order valence-electron chi connectivity index (χ4n) is 0. The van der Waals surface area contributed by atoms with E-state index in [2.05, 4.69) is 0 Å². The Labute approximate surface area is 143 Å². The maximum absolute atomic E-state index is 0. The van der Waals surface area contributed by atoms with Crippen LogP contribution < -0.4 is 0 Å². The normalized spacial score (nSPS) is 0. The first-order valence-electron chi connectivity index (χ1n) is 0. The molecule has 0 aliphatic rings. The average Bonchev–Trinajstić information content (AvgIpc) is 0. The number of hydrogen-bond donors (Lipinski definition) is 0. The van der Waals surface area contributed by atoms with Crippen molar-refractivity contribution in [2.24, 2.45) is 0 Å². The van der Waals surface area contributed by atoms with Gasteiger partial charge in [-0.1, -0.05) is 0 Å². The summed E-state index contributed by atoms with van der Waals surface area (Å²) >= 11 is 0. The third kappa shape index (κ3) is 9.97. The van der Waals surface area contributed by atoms with Crippen molar-refractivity contribution in [2.75, 3.05) is 0 Å². The minimum atomic E-state index is 0. The summed E-state index contributed by atoms with van der Waals surface area (Å²) in [6, 6.07) is 0. The largest absolute Gasteiger partial charge is 0 e. The van der Waals surface area contributed by atoms with E-state index in [1.165, 1.54) is 0 Å². The van der Waals surface area contributed by atoms with Gasteiger partial charge in [-0.15, -0.1) is 0 Å². The summed E-state index contributed by atoms with van der Waals surface area (Å²) in [6.45, 7) is 0. The van der Waals surface area contributed by atoms with Crippen LogP contribution in [0.25, 0.3) is 0 Å². The van der Waals surface area contributed by atoms with Gasteiger partial charge in [-0.25, -0.2) is 0 Å². The minimum absolute atomic E-state index is 0. The standard InChI is InChI=1S/Ba.Bi.Pb.Sr. The van der Waals surface area contributed by atoms with Crippen LogP contribution in [0.2, 0.25) is 0 Å². The van der Waals surface area contributed by atoms with Crippen molar-refractivity contribution in [3.05, 3.63) is 0 Å². The van der Waals surface area contributed by atoms with E-state index in [-0.39, 0.29) is 148 Å². The molecular formula is BaBiPbSr. The van der Waals surface area contributed by atoms with Crippen LogP contribution in [0.5, 0.6) is 0 Å². The summed E-state index contributed by atoms with van der Waals surface area (Å²) in [6.07, 6.45) is 0. The molecule has 13 valence electrons. The van der Waals surface area contributed by atoms with E-state index in [1.54, 1.807) is 0 Å². The van der Waals surface area contributed by atoms with E-state index >= 15 is 0 Å². The van der Waals surface area contributed by atoms with Gasteiger partial charge >= 0.3 is 0 Å². The van der Waals surface area contributed by atoms with Gasteiger partial charge in [-0.05, 0) is 0 Å². The second-order valence-electron chi connectivity index (χ2n) is 0. The first kappa shape index (κ1) is 23.2. The smallest absolute Gasteiger partial charge is 0 e. The molecule has 0 aliphatic heterocycles. The molecule has 0 nitrogen and oxygen atoms in total. The Hall–Kier alpha value is 4.86. The minimum Gasteiger partial charge on any atom is 0 e. The summed E-state index contributed by atoms with van der Waals surface area (Å²) in [5, 5.41) is 0. The Balaban J connectivity index is 0. The van der Waals surface area contributed by atoms with Crippen molar-refractivity contribution in [2.45, 2.75) is 0 Å². The van der Waals surface area contributed by atoms with E-state index in [9.17, 15) is 0 Å². The molecule has 0 atom stereocenters. The van der Waals surface area contributed by atoms with Crippen molar-refractivity contribution in [1.29, 1.82) is 0 Å². The Morgan fingerprint density at radius 3 is 1.00 bits per heavy atom. The van der Waals surface area contributed by atoms with Crippen molar-refractivity contribution >= 4 is 148 Å². The van der Waals surface area contributed by atoms with Crippen LogP contribution in [-0.2, 0) is 0 Å². The van der Waals surface area contributed by atoms with Crippen LogP contribution in [0.15, 0.2) is 0 Å². The van der Waals surface area contributed by atoms with Crippen LogP contribution in [0.3, 0.4) is 0 Å². The average molecular weight is 641 g/mol. The Morgan fingerprint density at radius 2 is 1.00 bits per heavy atom. The Kier molecular flexibility index (Phi) is 90.7. The molecule has 11 radical (unpaired) electrons. The SMILES string of the molecule is [Ba].[Bi].[Pb].[Sr]. The molecule has 4 heteroatoms. The van der Waals surface area contributed by atoms with Gasteiger partial charge in [0, 0.05) is 148 Å². The van der Waals surface area contributed by atoms with Crippen LogP contribution in [0.1, 0.15) is 0 Å². The maximum Gasteiger partial charge on any atom is 0 e. The summed E-state index contributed by atoms with van der Waals surface area (Å²) in [5.74, 6) is 0. The van der Waals surface area contributed by atoms with E-state index < -0.39 is 0 Å². The number of rotatable bonds is 0. The molecule has 0 aromatic heterocycles. The zero-order chi connectivity index (χ0) is 0. The van der Waals surface area contributed by atoms with Gasteiger partial charge in [0.05, 0.1) is 0 Å². The fourth-order valence-corrected chi connectivity index (χ4v) is 0. The Morgan fingerprint density at radius 1 is 1.00 bits per heavy atom. The quantitative estimate of drug-likeness (QED) is 0.283. The molecule has 0 aromatic carbocycles. The second kappa shape index (κ2) is 15.7. The van der Waals surface area contributed by atoms with Gasteiger partial charge in [0.25, 0.3) is 0 Å². The first-order valence-corrected chi connectivity index (χ1v) is 0. The molecule has 0 rings (SSSR count). The zero-order valence-electron chi connectivity index (χ0n) is 2.36. The van der Waals surface area contributed by atoms with E-state index in [0.717, 1.165) is 0 Å². The molecule has 0 saturated carbocycles. The Bertz CT molecular complexity index is 8.00. The van der Waals surface area contributed by atoms with Crippen molar-refractivity contribution in [3.8, 4) is 0 Å². The van der Waals surface area contributed by atoms with Crippen molar-refractivity contribution < 1.29 is 0 Å². The van der Waals surface area contributed by atoms with Crippen LogP contribution in [0.4, 0.5) is 0 Å². The number of hydrogen-bond acceptors (Lipinski definition) is 0. The summed E-state index contributed by atoms with van der Waals surface area (Å²) in [7, 11) is 0. The van der Waals surface area contributed by atoms with Gasteiger partial charge in [0.1, 0.15) is 0 Å². The first-order chi connectivity index (χ1) is 0. The third-order valence-electron chi connectivity index (χ3n) is 0. The van der Waals surface area contributed by atoms with Gasteiger partial charge in [-0.3, -0.25) is 0 Å². The predicted octanol–water partition coefficient (Wildman–Crippen LogP) is -1.52. The summed E-state index contributed by atoms with van der Waals surface area (Å²) in [4.78, 5) is 0. The molecule has 0 spiro atoms. The van der Waals surface area contributed by atoms with Gasteiger partial charge in [0.15, 0.2) is 0 Å². The molecule has 0 aromatic rings. The van der Waals surface area contributed by atoms with E-state index in [1.807, 2.05) is 0 Å². The van der Waals surface area contributed by atoms with Crippen molar-refractivity contribution in [1.82, 2.24) is 0 Å². The van der Waals surface area contributed by atoms with Crippen LogP contribution in [0, 0.1) is 0 Å². The molecule has 0 N–H and O–H groups in total. The fraction of sp³-hybridized carbons (Fsp3) is 0. The van der Waals surface area contributed by atoms with Crippen LogP contribution in [-0.4, -0.2) is 148 Å². The third-order valence-corrected chi connectivity index (χ3v) is 0. The summed E-state index contributed by atoms with van der Waals surface area (Å²) < 4.78 is 0. The van der Waals surface area contributed by atoms with Gasteiger partial charge < -0.3 is 0 Å². The van der Waals surface area contributed by atoms with Gasteiger partial charge in [-0.2, -0.15) is 0 Å². The molecule has 0 saturated heterocycles. The predicted molar refractivity (Wildman–Crippen MR) is 23.0 cm³/mol. The second-order valence-corrected chi connectivity index (χ2v) is 0. The molecule has 4 heavy (non-hydrogen) atoms. The molecule has 0 aliphatic carbocycles. The van der Waals surface area contributed by atoms with Crippen molar-refractivity contribution in [3.63, 3.8) is 0 Å². The van der Waals surface area contributed by atoms with Crippen LogP contribution >= 0.6 is 0 Å². The zero-order valence-corrected chi connectivity index (χ0v) is 17.6. The van der Waals surface area contributed by atoms with E-state index in [0.29, 0.717) is 0 Å². The molecule has 0 fully saturated rings. The molecule has 0 unspecified atom stereocenters. The molecule has 0 heterocycles. The molecular weight excluding hydrogens is 641 g/mol. The topological polar surface area (TPSA) is 0 Å². The molecule has 0 amide bonds. The molecule has 0 bridgehead atoms. The summed E-state index contributed by atoms with van der Waals surface area (Å²) in [5.41, 5.74) is 0. The maximum atomic E-state index is 0. The van der Waals surface area contributed by atoms with Gasteiger partial charge in [0.2, 0.25) is 0 Å². The van der Waals surface area contributed by atoms with E-state index in [4.69, 9.17) is 0 Å².